The van der Waals surface area contributed by atoms with E-state index in [-0.39, 0.29) is 5.54 Å². The van der Waals surface area contributed by atoms with Crippen LogP contribution in [0, 0.1) is 23.2 Å². The van der Waals surface area contributed by atoms with E-state index in [0.717, 1.165) is 31.2 Å². The van der Waals surface area contributed by atoms with Gasteiger partial charge in [0.05, 0.1) is 6.07 Å². The molecule has 0 saturated heterocycles. The van der Waals surface area contributed by atoms with Gasteiger partial charge in [-0.1, -0.05) is 26.2 Å². The molecule has 0 bridgehead atoms. The second-order valence-corrected chi connectivity index (χ2v) is 5.39. The first-order valence-electron chi connectivity index (χ1n) is 6.44. The van der Waals surface area contributed by atoms with Crippen LogP contribution in [0.15, 0.2) is 0 Å². The van der Waals surface area contributed by atoms with E-state index >= 15 is 0 Å². The van der Waals surface area contributed by atoms with Crippen molar-refractivity contribution in [3.05, 3.63) is 0 Å². The van der Waals surface area contributed by atoms with Crippen molar-refractivity contribution in [1.29, 1.82) is 5.26 Å². The Bertz CT molecular complexity index is 252. The van der Waals surface area contributed by atoms with Crippen molar-refractivity contribution in [2.75, 3.05) is 6.54 Å². The number of nitrogens with one attached hydrogen (secondary N) is 1. The van der Waals surface area contributed by atoms with Gasteiger partial charge in [0, 0.05) is 0 Å². The van der Waals surface area contributed by atoms with Gasteiger partial charge in [-0.25, -0.2) is 0 Å². The third-order valence-electron chi connectivity index (χ3n) is 4.07. The van der Waals surface area contributed by atoms with Crippen LogP contribution in [0.4, 0.5) is 0 Å². The fourth-order valence-corrected chi connectivity index (χ4v) is 2.70. The second kappa shape index (κ2) is 4.53. The Kier molecular flexibility index (Phi) is 3.31. The zero-order chi connectivity index (χ0) is 10.7. The van der Waals surface area contributed by atoms with Gasteiger partial charge in [0.25, 0.3) is 0 Å². The second-order valence-electron chi connectivity index (χ2n) is 5.39. The van der Waals surface area contributed by atoms with E-state index in [9.17, 15) is 5.26 Å². The molecule has 84 valence electrons. The normalized spacial score (nSPS) is 36.1. The average molecular weight is 206 g/mol. The van der Waals surface area contributed by atoms with Crippen molar-refractivity contribution in [1.82, 2.24) is 5.32 Å². The van der Waals surface area contributed by atoms with E-state index in [2.05, 4.69) is 18.3 Å². The predicted octanol–water partition coefficient (Wildman–Crippen LogP) is 2.85. The molecule has 15 heavy (non-hydrogen) atoms. The molecule has 0 aromatic carbocycles. The van der Waals surface area contributed by atoms with Crippen LogP contribution < -0.4 is 5.32 Å². The molecule has 0 aliphatic heterocycles. The highest BCUT2D eigenvalue weighted by atomic mass is 15.0. The number of hydrogen-bond donors (Lipinski definition) is 1. The van der Waals surface area contributed by atoms with Gasteiger partial charge in [-0.05, 0) is 44.1 Å². The summed E-state index contributed by atoms with van der Waals surface area (Å²) in [5, 5.41) is 12.9. The highest BCUT2D eigenvalue weighted by molar-refractivity contribution is 5.10. The van der Waals surface area contributed by atoms with Gasteiger partial charge in [-0.3, -0.25) is 5.32 Å². The standard InChI is InChI=1S/C13H22N2/c1-2-11-4-3-7-13(8-11,10-14)15-9-12-5-6-12/h11-12,15H,2-9H2,1H3. The first-order valence-corrected chi connectivity index (χ1v) is 6.44. The van der Waals surface area contributed by atoms with Gasteiger partial charge in [-0.15, -0.1) is 0 Å². The maximum atomic E-state index is 9.38. The first-order chi connectivity index (χ1) is 7.28. The van der Waals surface area contributed by atoms with Gasteiger partial charge in [-0.2, -0.15) is 5.26 Å². The van der Waals surface area contributed by atoms with Crippen molar-refractivity contribution in [3.8, 4) is 6.07 Å². The van der Waals surface area contributed by atoms with E-state index in [0.29, 0.717) is 0 Å². The Hall–Kier alpha value is -0.550. The minimum Gasteiger partial charge on any atom is -0.299 e. The van der Waals surface area contributed by atoms with Crippen LogP contribution >= 0.6 is 0 Å². The van der Waals surface area contributed by atoms with E-state index in [4.69, 9.17) is 0 Å². The van der Waals surface area contributed by atoms with E-state index < -0.39 is 0 Å². The lowest BCUT2D eigenvalue weighted by Gasteiger charge is -2.36. The molecule has 2 aliphatic carbocycles. The Balaban J connectivity index is 1.90. The first kappa shape index (κ1) is 11.0. The Morgan fingerprint density at radius 1 is 1.33 bits per heavy atom. The summed E-state index contributed by atoms with van der Waals surface area (Å²) >= 11 is 0. The lowest BCUT2D eigenvalue weighted by molar-refractivity contribution is 0.223. The molecule has 0 heterocycles. The van der Waals surface area contributed by atoms with Crippen LogP contribution in [0.5, 0.6) is 0 Å². The fourth-order valence-electron chi connectivity index (χ4n) is 2.70. The Labute approximate surface area is 93.0 Å². The zero-order valence-electron chi connectivity index (χ0n) is 9.76. The van der Waals surface area contributed by atoms with Crippen LogP contribution in [0.2, 0.25) is 0 Å². The summed E-state index contributed by atoms with van der Waals surface area (Å²) in [6, 6.07) is 2.55. The van der Waals surface area contributed by atoms with Gasteiger partial charge in [0.2, 0.25) is 0 Å². The van der Waals surface area contributed by atoms with E-state index in [1.165, 1.54) is 32.1 Å². The minimum absolute atomic E-state index is 0.179. The summed E-state index contributed by atoms with van der Waals surface area (Å²) in [5.74, 6) is 1.64. The molecule has 0 aromatic heterocycles. The molecule has 0 aromatic rings. The smallest absolute Gasteiger partial charge is 0.107 e. The van der Waals surface area contributed by atoms with Crippen LogP contribution in [0.3, 0.4) is 0 Å². The predicted molar refractivity (Wildman–Crippen MR) is 61.3 cm³/mol. The molecule has 0 spiro atoms. The molecule has 2 unspecified atom stereocenters. The fraction of sp³-hybridized carbons (Fsp3) is 0.923. The summed E-state index contributed by atoms with van der Waals surface area (Å²) < 4.78 is 0. The van der Waals surface area contributed by atoms with Crippen molar-refractivity contribution in [2.45, 2.75) is 57.4 Å². The topological polar surface area (TPSA) is 35.8 Å². The molecular weight excluding hydrogens is 184 g/mol. The Morgan fingerprint density at radius 3 is 2.73 bits per heavy atom. The molecule has 2 saturated carbocycles. The summed E-state index contributed by atoms with van der Waals surface area (Å²) in [5.41, 5.74) is -0.179. The molecule has 2 heteroatoms. The summed E-state index contributed by atoms with van der Waals surface area (Å²) in [7, 11) is 0. The van der Waals surface area contributed by atoms with Gasteiger partial charge < -0.3 is 0 Å². The molecular formula is C13H22N2. The molecule has 0 radical (unpaired) electrons. The SMILES string of the molecule is CCC1CCCC(C#N)(NCC2CC2)C1. The molecule has 0 amide bonds. The van der Waals surface area contributed by atoms with Gasteiger partial charge in [0.1, 0.15) is 5.54 Å². The summed E-state index contributed by atoms with van der Waals surface area (Å²) in [4.78, 5) is 0. The highest BCUT2D eigenvalue weighted by Gasteiger charge is 2.36. The number of nitrogens with zero attached hydrogens (tertiary/aromatic N) is 1. The lowest BCUT2D eigenvalue weighted by atomic mass is 9.75. The lowest BCUT2D eigenvalue weighted by Crippen LogP contribution is -2.48. The molecule has 2 rings (SSSR count). The zero-order valence-corrected chi connectivity index (χ0v) is 9.76. The summed E-state index contributed by atoms with van der Waals surface area (Å²) in [6.07, 6.45) is 8.65. The van der Waals surface area contributed by atoms with Gasteiger partial charge in [0.15, 0.2) is 0 Å². The number of nitriles is 1. The quantitative estimate of drug-likeness (QED) is 0.767. The highest BCUT2D eigenvalue weighted by Crippen LogP contribution is 2.35. The number of rotatable bonds is 4. The van der Waals surface area contributed by atoms with Crippen molar-refractivity contribution in [3.63, 3.8) is 0 Å². The molecule has 2 atom stereocenters. The molecule has 2 fully saturated rings. The molecule has 2 nitrogen and oxygen atoms in total. The maximum Gasteiger partial charge on any atom is 0.107 e. The molecule has 1 N–H and O–H groups in total. The van der Waals surface area contributed by atoms with Crippen LogP contribution in [0.25, 0.3) is 0 Å². The van der Waals surface area contributed by atoms with Crippen LogP contribution in [0.1, 0.15) is 51.9 Å². The monoisotopic (exact) mass is 206 g/mol. The minimum atomic E-state index is -0.179. The maximum absolute atomic E-state index is 9.38. The molecule has 2 aliphatic rings. The van der Waals surface area contributed by atoms with Crippen LogP contribution in [-0.2, 0) is 0 Å². The summed E-state index contributed by atoms with van der Waals surface area (Å²) in [6.45, 7) is 3.32. The number of hydrogen-bond acceptors (Lipinski definition) is 2. The third kappa shape index (κ3) is 2.72. The van der Waals surface area contributed by atoms with Crippen molar-refractivity contribution in [2.24, 2.45) is 11.8 Å². The van der Waals surface area contributed by atoms with Crippen LogP contribution in [-0.4, -0.2) is 12.1 Å². The van der Waals surface area contributed by atoms with Crippen molar-refractivity contribution >= 4 is 0 Å². The van der Waals surface area contributed by atoms with Crippen molar-refractivity contribution < 1.29 is 0 Å². The third-order valence-corrected chi connectivity index (χ3v) is 4.07. The largest absolute Gasteiger partial charge is 0.299 e. The van der Waals surface area contributed by atoms with Gasteiger partial charge >= 0.3 is 0 Å². The van der Waals surface area contributed by atoms with E-state index in [1.807, 2.05) is 0 Å². The average Bonchev–Trinajstić information content (AvgIpc) is 3.10. The van der Waals surface area contributed by atoms with E-state index in [1.54, 1.807) is 0 Å². The Morgan fingerprint density at radius 2 is 2.13 bits per heavy atom.